The lowest BCUT2D eigenvalue weighted by Gasteiger charge is -2.15. The van der Waals surface area contributed by atoms with Crippen molar-refractivity contribution in [2.24, 2.45) is 0 Å². The highest BCUT2D eigenvalue weighted by Gasteiger charge is 2.20. The van der Waals surface area contributed by atoms with E-state index in [4.69, 9.17) is 18.9 Å². The van der Waals surface area contributed by atoms with Crippen LogP contribution in [0.3, 0.4) is 0 Å². The predicted octanol–water partition coefficient (Wildman–Crippen LogP) is 3.08. The van der Waals surface area contributed by atoms with E-state index in [0.29, 0.717) is 39.7 Å². The van der Waals surface area contributed by atoms with Crippen molar-refractivity contribution in [1.29, 1.82) is 0 Å². The minimum Gasteiger partial charge on any atom is -0.493 e. The normalized spacial score (nSPS) is 10.2. The first-order valence-electron chi connectivity index (χ1n) is 7.96. The van der Waals surface area contributed by atoms with E-state index in [-0.39, 0.29) is 18.0 Å². The van der Waals surface area contributed by atoms with Crippen LogP contribution < -0.4 is 18.9 Å². The molecule has 0 aliphatic rings. The minimum atomic E-state index is -0.247. The minimum absolute atomic E-state index is 0.0569. The second-order valence-corrected chi connectivity index (χ2v) is 5.64. The summed E-state index contributed by atoms with van der Waals surface area (Å²) in [6, 6.07) is 8.18. The van der Waals surface area contributed by atoms with Crippen LogP contribution in [0.4, 0.5) is 0 Å². The van der Waals surface area contributed by atoms with E-state index >= 15 is 0 Å². The topological polar surface area (TPSA) is 71.1 Å². The Morgan fingerprint density at radius 2 is 1.31 bits per heavy atom. The van der Waals surface area contributed by atoms with Crippen LogP contribution >= 0.6 is 0 Å². The first kappa shape index (κ1) is 19.3. The third kappa shape index (κ3) is 3.96. The molecule has 2 aromatic rings. The highest BCUT2D eigenvalue weighted by molar-refractivity contribution is 6.11. The number of benzene rings is 2. The molecule has 26 heavy (non-hydrogen) atoms. The summed E-state index contributed by atoms with van der Waals surface area (Å²) < 4.78 is 21.0. The molecule has 0 heterocycles. The van der Waals surface area contributed by atoms with Gasteiger partial charge >= 0.3 is 0 Å². The van der Waals surface area contributed by atoms with Gasteiger partial charge in [0.05, 0.1) is 28.4 Å². The summed E-state index contributed by atoms with van der Waals surface area (Å²) in [6.07, 6.45) is 0.120. The average Bonchev–Trinajstić information content (AvgIpc) is 2.65. The predicted molar refractivity (Wildman–Crippen MR) is 96.9 cm³/mol. The molecule has 0 N–H and O–H groups in total. The summed E-state index contributed by atoms with van der Waals surface area (Å²) in [4.78, 5) is 24.7. The van der Waals surface area contributed by atoms with Gasteiger partial charge in [-0.25, -0.2) is 0 Å². The Hall–Kier alpha value is -3.02. The first-order valence-corrected chi connectivity index (χ1v) is 7.96. The van der Waals surface area contributed by atoms with Gasteiger partial charge in [-0.3, -0.25) is 9.59 Å². The summed E-state index contributed by atoms with van der Waals surface area (Å²) >= 11 is 0. The second kappa shape index (κ2) is 8.38. The summed E-state index contributed by atoms with van der Waals surface area (Å²) in [5.41, 5.74) is 1.37. The Bertz CT molecular complexity index is 825. The highest BCUT2D eigenvalue weighted by Crippen LogP contribution is 2.34. The fourth-order valence-corrected chi connectivity index (χ4v) is 2.68. The standard InChI is InChI=1S/C20H22O6/c1-12(21)8-14-10-18(25-4)19(26-5)11-15(14)20(22)13-6-7-16(23-2)17(9-13)24-3/h6-7,9-11H,8H2,1-5H3. The maximum Gasteiger partial charge on any atom is 0.193 e. The molecular weight excluding hydrogens is 336 g/mol. The van der Waals surface area contributed by atoms with Gasteiger partial charge in [0.15, 0.2) is 28.8 Å². The van der Waals surface area contributed by atoms with Crippen molar-refractivity contribution in [3.63, 3.8) is 0 Å². The van der Waals surface area contributed by atoms with Crippen LogP contribution in [0, 0.1) is 0 Å². The maximum absolute atomic E-state index is 13.1. The molecule has 0 atom stereocenters. The van der Waals surface area contributed by atoms with E-state index in [1.165, 1.54) is 35.4 Å². The van der Waals surface area contributed by atoms with Crippen molar-refractivity contribution in [3.8, 4) is 23.0 Å². The molecule has 0 unspecified atom stereocenters. The monoisotopic (exact) mass is 358 g/mol. The van der Waals surface area contributed by atoms with Gasteiger partial charge in [0, 0.05) is 17.5 Å². The molecule has 0 radical (unpaired) electrons. The molecule has 138 valence electrons. The molecule has 0 aliphatic heterocycles. The van der Waals surface area contributed by atoms with Crippen molar-refractivity contribution >= 4 is 11.6 Å². The van der Waals surface area contributed by atoms with Gasteiger partial charge in [-0.2, -0.15) is 0 Å². The molecule has 0 fully saturated rings. The number of rotatable bonds is 8. The lowest BCUT2D eigenvalue weighted by atomic mass is 9.94. The summed E-state index contributed by atoms with van der Waals surface area (Å²) in [5, 5.41) is 0. The van der Waals surface area contributed by atoms with Crippen molar-refractivity contribution in [2.45, 2.75) is 13.3 Å². The molecule has 0 saturated carbocycles. The van der Waals surface area contributed by atoms with Crippen molar-refractivity contribution in [3.05, 3.63) is 47.0 Å². The number of Topliss-reactive ketones (excluding diaryl/α,β-unsaturated/α-hetero) is 1. The van der Waals surface area contributed by atoms with E-state index in [1.54, 1.807) is 30.3 Å². The van der Waals surface area contributed by atoms with Gasteiger partial charge < -0.3 is 18.9 Å². The molecular formula is C20H22O6. The van der Waals surface area contributed by atoms with Crippen LogP contribution in [0.1, 0.15) is 28.4 Å². The lowest BCUT2D eigenvalue weighted by molar-refractivity contribution is -0.116. The number of methoxy groups -OCH3 is 4. The molecule has 6 heteroatoms. The quantitative estimate of drug-likeness (QED) is 0.676. The molecule has 0 aliphatic carbocycles. The summed E-state index contributed by atoms with van der Waals surface area (Å²) in [7, 11) is 6.03. The Morgan fingerprint density at radius 1 is 0.769 bits per heavy atom. The van der Waals surface area contributed by atoms with Crippen LogP contribution in [0.15, 0.2) is 30.3 Å². The molecule has 0 aromatic heterocycles. The van der Waals surface area contributed by atoms with Crippen molar-refractivity contribution < 1.29 is 28.5 Å². The zero-order valence-corrected chi connectivity index (χ0v) is 15.5. The van der Waals surface area contributed by atoms with E-state index in [0.717, 1.165) is 0 Å². The SMILES string of the molecule is COc1ccc(C(=O)c2cc(OC)c(OC)cc2CC(C)=O)cc1OC. The highest BCUT2D eigenvalue weighted by atomic mass is 16.5. The third-order valence-corrected chi connectivity index (χ3v) is 3.94. The van der Waals surface area contributed by atoms with E-state index in [1.807, 2.05) is 0 Å². The number of ether oxygens (including phenoxy) is 4. The largest absolute Gasteiger partial charge is 0.493 e. The summed E-state index contributed by atoms with van der Waals surface area (Å²) in [5.74, 6) is 1.56. The molecule has 0 spiro atoms. The molecule has 0 saturated heterocycles. The maximum atomic E-state index is 13.1. The Morgan fingerprint density at radius 3 is 1.85 bits per heavy atom. The van der Waals surface area contributed by atoms with E-state index in [2.05, 4.69) is 0 Å². The van der Waals surface area contributed by atoms with Gasteiger partial charge in [0.2, 0.25) is 0 Å². The Labute approximate surface area is 152 Å². The smallest absolute Gasteiger partial charge is 0.193 e. The Kier molecular flexibility index (Phi) is 6.22. The van der Waals surface area contributed by atoms with Gasteiger partial charge in [0.25, 0.3) is 0 Å². The van der Waals surface area contributed by atoms with Gasteiger partial charge in [-0.05, 0) is 42.8 Å². The van der Waals surface area contributed by atoms with E-state index < -0.39 is 0 Å². The Balaban J connectivity index is 2.58. The number of ketones is 2. The second-order valence-electron chi connectivity index (χ2n) is 5.64. The van der Waals surface area contributed by atoms with Crippen LogP contribution in [-0.4, -0.2) is 40.0 Å². The molecule has 2 rings (SSSR count). The third-order valence-electron chi connectivity index (χ3n) is 3.94. The number of carbonyl (C=O) groups is 2. The van der Waals surface area contributed by atoms with Crippen LogP contribution in [-0.2, 0) is 11.2 Å². The zero-order chi connectivity index (χ0) is 19.3. The molecule has 2 aromatic carbocycles. The van der Waals surface area contributed by atoms with Gasteiger partial charge in [0.1, 0.15) is 5.78 Å². The fraction of sp³-hybridized carbons (Fsp3) is 0.300. The van der Waals surface area contributed by atoms with Gasteiger partial charge in [-0.1, -0.05) is 0 Å². The molecule has 0 bridgehead atoms. The lowest BCUT2D eigenvalue weighted by Crippen LogP contribution is -2.10. The van der Waals surface area contributed by atoms with Crippen LogP contribution in [0.5, 0.6) is 23.0 Å². The first-order chi connectivity index (χ1) is 12.4. The number of hydrogen-bond donors (Lipinski definition) is 0. The van der Waals surface area contributed by atoms with Crippen LogP contribution in [0.25, 0.3) is 0 Å². The van der Waals surface area contributed by atoms with Crippen molar-refractivity contribution in [2.75, 3.05) is 28.4 Å². The van der Waals surface area contributed by atoms with Crippen LogP contribution in [0.2, 0.25) is 0 Å². The average molecular weight is 358 g/mol. The molecule has 0 amide bonds. The van der Waals surface area contributed by atoms with E-state index in [9.17, 15) is 9.59 Å². The summed E-state index contributed by atoms with van der Waals surface area (Å²) in [6.45, 7) is 1.47. The zero-order valence-electron chi connectivity index (χ0n) is 15.5. The van der Waals surface area contributed by atoms with Crippen molar-refractivity contribution in [1.82, 2.24) is 0 Å². The number of hydrogen-bond acceptors (Lipinski definition) is 6. The number of carbonyl (C=O) groups excluding carboxylic acids is 2. The van der Waals surface area contributed by atoms with Gasteiger partial charge in [-0.15, -0.1) is 0 Å². The fourth-order valence-electron chi connectivity index (χ4n) is 2.68. The molecule has 6 nitrogen and oxygen atoms in total.